The van der Waals surface area contributed by atoms with Crippen molar-refractivity contribution in [1.82, 2.24) is 10.2 Å². The fourth-order valence-corrected chi connectivity index (χ4v) is 4.68. The molecule has 2 aromatic carbocycles. The topological polar surface area (TPSA) is 96.0 Å². The third-order valence-electron chi connectivity index (χ3n) is 5.23. The highest BCUT2D eigenvalue weighted by Crippen LogP contribution is 2.26. The number of rotatable bonds is 10. The molecule has 0 fully saturated rings. The first-order chi connectivity index (χ1) is 15.5. The molecule has 0 unspecified atom stereocenters. The normalized spacial score (nSPS) is 12.1. The van der Waals surface area contributed by atoms with Gasteiger partial charge in [-0.1, -0.05) is 30.7 Å². The third-order valence-corrected chi connectivity index (χ3v) is 6.59. The number of hydrogen-bond donors (Lipinski definition) is 1. The second-order valence-corrected chi connectivity index (χ2v) is 9.96. The van der Waals surface area contributed by atoms with Crippen LogP contribution in [0, 0.1) is 6.92 Å². The van der Waals surface area contributed by atoms with E-state index in [1.165, 1.54) is 11.9 Å². The number of aryl methyl sites for hydroxylation is 1. The van der Waals surface area contributed by atoms with Gasteiger partial charge in [-0.05, 0) is 54.8 Å². The lowest BCUT2D eigenvalue weighted by Crippen LogP contribution is -2.51. The van der Waals surface area contributed by atoms with E-state index in [0.29, 0.717) is 28.4 Å². The van der Waals surface area contributed by atoms with Crippen LogP contribution in [0.2, 0.25) is 5.02 Å². The van der Waals surface area contributed by atoms with Crippen molar-refractivity contribution in [2.24, 2.45) is 0 Å². The first kappa shape index (κ1) is 26.5. The molecule has 0 bridgehead atoms. The molecular formula is C23H30ClN3O5S. The van der Waals surface area contributed by atoms with Crippen molar-refractivity contribution >= 4 is 39.1 Å². The van der Waals surface area contributed by atoms with Crippen LogP contribution < -0.4 is 14.4 Å². The summed E-state index contributed by atoms with van der Waals surface area (Å²) in [6.45, 7) is 3.17. The Hall–Kier alpha value is -2.78. The quantitative estimate of drug-likeness (QED) is 0.546. The van der Waals surface area contributed by atoms with Gasteiger partial charge in [0, 0.05) is 18.6 Å². The summed E-state index contributed by atoms with van der Waals surface area (Å²) < 4.78 is 31.5. The minimum atomic E-state index is -3.80. The van der Waals surface area contributed by atoms with Gasteiger partial charge in [0.2, 0.25) is 21.8 Å². The maximum Gasteiger partial charge on any atom is 0.244 e. The van der Waals surface area contributed by atoms with E-state index in [9.17, 15) is 18.0 Å². The van der Waals surface area contributed by atoms with E-state index in [2.05, 4.69) is 5.32 Å². The Kier molecular flexibility index (Phi) is 9.13. The zero-order valence-electron chi connectivity index (χ0n) is 19.5. The molecule has 1 N–H and O–H groups in total. The second-order valence-electron chi connectivity index (χ2n) is 7.61. The molecule has 8 nitrogen and oxygen atoms in total. The minimum Gasteiger partial charge on any atom is -0.497 e. The van der Waals surface area contributed by atoms with E-state index in [1.54, 1.807) is 57.4 Å². The van der Waals surface area contributed by atoms with Crippen molar-refractivity contribution in [1.29, 1.82) is 0 Å². The Morgan fingerprint density at radius 3 is 2.42 bits per heavy atom. The van der Waals surface area contributed by atoms with Crippen LogP contribution in [0.5, 0.6) is 5.75 Å². The highest BCUT2D eigenvalue weighted by molar-refractivity contribution is 7.92. The Labute approximate surface area is 200 Å². The molecule has 0 aliphatic heterocycles. The van der Waals surface area contributed by atoms with Crippen molar-refractivity contribution in [2.45, 2.75) is 32.9 Å². The number of anilines is 1. The zero-order valence-corrected chi connectivity index (χ0v) is 21.0. The van der Waals surface area contributed by atoms with Crippen molar-refractivity contribution < 1.29 is 22.7 Å². The summed E-state index contributed by atoms with van der Waals surface area (Å²) in [5.74, 6) is -0.224. The van der Waals surface area contributed by atoms with Gasteiger partial charge in [-0.2, -0.15) is 0 Å². The Bertz CT molecular complexity index is 1110. The molecule has 0 aromatic heterocycles. The number of nitrogens with one attached hydrogen (secondary N) is 1. The lowest BCUT2D eigenvalue weighted by molar-refractivity contribution is -0.140. The zero-order chi connectivity index (χ0) is 24.8. The number of methoxy groups -OCH3 is 1. The molecule has 0 saturated heterocycles. The van der Waals surface area contributed by atoms with Crippen molar-refractivity contribution in [3.8, 4) is 5.75 Å². The summed E-state index contributed by atoms with van der Waals surface area (Å²) >= 11 is 6.02. The van der Waals surface area contributed by atoms with Crippen LogP contribution in [0.1, 0.15) is 24.5 Å². The number of halogens is 1. The molecule has 2 amide bonds. The first-order valence-electron chi connectivity index (χ1n) is 10.4. The molecule has 2 aromatic rings. The van der Waals surface area contributed by atoms with Crippen LogP contribution in [0.25, 0.3) is 0 Å². The van der Waals surface area contributed by atoms with Gasteiger partial charge in [0.05, 0.1) is 19.1 Å². The third kappa shape index (κ3) is 6.85. The second kappa shape index (κ2) is 11.4. The fourth-order valence-electron chi connectivity index (χ4n) is 3.55. The molecule has 0 aliphatic rings. The van der Waals surface area contributed by atoms with Gasteiger partial charge in [-0.15, -0.1) is 0 Å². The minimum absolute atomic E-state index is 0.110. The van der Waals surface area contributed by atoms with Gasteiger partial charge >= 0.3 is 0 Å². The average molecular weight is 496 g/mol. The van der Waals surface area contributed by atoms with Crippen LogP contribution in [-0.4, -0.2) is 58.1 Å². The highest BCUT2D eigenvalue weighted by Gasteiger charge is 2.31. The summed E-state index contributed by atoms with van der Waals surface area (Å²) in [6, 6.07) is 11.1. The van der Waals surface area contributed by atoms with E-state index in [0.717, 1.165) is 16.1 Å². The number of carbonyl (C=O) groups is 2. The van der Waals surface area contributed by atoms with Gasteiger partial charge in [0.25, 0.3) is 0 Å². The van der Waals surface area contributed by atoms with E-state index in [1.807, 2.05) is 6.07 Å². The SMILES string of the molecule is CC[C@H](C(=O)NC)N(Cc1cccc(OC)c1)C(=O)CN(c1ccc(Cl)cc1C)S(C)(=O)=O. The summed E-state index contributed by atoms with van der Waals surface area (Å²) in [6.07, 6.45) is 1.39. The molecule has 1 atom stereocenters. The lowest BCUT2D eigenvalue weighted by Gasteiger charge is -2.33. The molecular weight excluding hydrogens is 466 g/mol. The van der Waals surface area contributed by atoms with Crippen LogP contribution >= 0.6 is 11.6 Å². The van der Waals surface area contributed by atoms with Gasteiger partial charge < -0.3 is 15.0 Å². The van der Waals surface area contributed by atoms with Crippen LogP contribution in [0.3, 0.4) is 0 Å². The van der Waals surface area contributed by atoms with E-state index in [4.69, 9.17) is 16.3 Å². The van der Waals surface area contributed by atoms with Gasteiger partial charge in [0.1, 0.15) is 18.3 Å². The van der Waals surface area contributed by atoms with E-state index >= 15 is 0 Å². The number of hydrogen-bond acceptors (Lipinski definition) is 5. The number of amides is 2. The summed E-state index contributed by atoms with van der Waals surface area (Å²) in [5.41, 5.74) is 1.71. The number of benzene rings is 2. The summed E-state index contributed by atoms with van der Waals surface area (Å²) in [7, 11) is -0.761. The Morgan fingerprint density at radius 2 is 1.88 bits per heavy atom. The maximum atomic E-state index is 13.5. The highest BCUT2D eigenvalue weighted by atomic mass is 35.5. The summed E-state index contributed by atoms with van der Waals surface area (Å²) in [5, 5.41) is 3.05. The molecule has 33 heavy (non-hydrogen) atoms. The smallest absolute Gasteiger partial charge is 0.244 e. The lowest BCUT2D eigenvalue weighted by atomic mass is 10.1. The largest absolute Gasteiger partial charge is 0.497 e. The molecule has 180 valence electrons. The maximum absolute atomic E-state index is 13.5. The standard InChI is InChI=1S/C23H30ClN3O5S/c1-6-20(23(29)25-3)26(14-17-8-7-9-19(13-17)32-4)22(28)15-27(33(5,30)31)21-11-10-18(24)12-16(21)2/h7-13,20H,6,14-15H2,1-5H3,(H,25,29)/t20-/m1/s1. The fraction of sp³-hybridized carbons (Fsp3) is 0.391. The van der Waals surface area contributed by atoms with Gasteiger partial charge in [-0.3, -0.25) is 13.9 Å². The molecule has 0 spiro atoms. The predicted octanol–water partition coefficient (Wildman–Crippen LogP) is 2.98. The molecule has 0 aliphatic carbocycles. The number of likely N-dealkylation sites (N-methyl/N-ethyl adjacent to an activating group) is 1. The molecule has 10 heteroatoms. The predicted molar refractivity (Wildman–Crippen MR) is 130 cm³/mol. The number of sulfonamides is 1. The number of carbonyl (C=O) groups excluding carboxylic acids is 2. The van der Waals surface area contributed by atoms with E-state index < -0.39 is 28.5 Å². The van der Waals surface area contributed by atoms with E-state index in [-0.39, 0.29) is 12.5 Å². The van der Waals surface area contributed by atoms with Crippen LogP contribution in [-0.2, 0) is 26.2 Å². The molecule has 0 radical (unpaired) electrons. The van der Waals surface area contributed by atoms with Crippen LogP contribution in [0.4, 0.5) is 5.69 Å². The number of nitrogens with zero attached hydrogens (tertiary/aromatic N) is 2. The Morgan fingerprint density at radius 1 is 1.18 bits per heavy atom. The first-order valence-corrected chi connectivity index (χ1v) is 12.6. The molecule has 2 rings (SSSR count). The molecule has 0 saturated carbocycles. The average Bonchev–Trinajstić information content (AvgIpc) is 2.76. The van der Waals surface area contributed by atoms with Crippen molar-refractivity contribution in [2.75, 3.05) is 31.3 Å². The van der Waals surface area contributed by atoms with Gasteiger partial charge in [0.15, 0.2) is 0 Å². The molecule has 0 heterocycles. The number of ether oxygens (including phenoxy) is 1. The van der Waals surface area contributed by atoms with Crippen molar-refractivity contribution in [3.63, 3.8) is 0 Å². The summed E-state index contributed by atoms with van der Waals surface area (Å²) in [4.78, 5) is 27.5. The Balaban J connectivity index is 2.47. The monoisotopic (exact) mass is 495 g/mol. The van der Waals surface area contributed by atoms with Crippen molar-refractivity contribution in [3.05, 3.63) is 58.6 Å². The van der Waals surface area contributed by atoms with Crippen LogP contribution in [0.15, 0.2) is 42.5 Å². The van der Waals surface area contributed by atoms with Gasteiger partial charge in [-0.25, -0.2) is 8.42 Å².